The Morgan fingerprint density at radius 3 is 0.816 bits per heavy atom. The normalized spacial score (nSPS) is 14.0. The molecule has 0 saturated carbocycles. The van der Waals surface area contributed by atoms with E-state index in [0.29, 0.717) is 17.4 Å². The molecule has 0 radical (unpaired) electrons. The van der Waals surface area contributed by atoms with Gasteiger partial charge in [0, 0.05) is 12.8 Å². The summed E-state index contributed by atoms with van der Waals surface area (Å²) in [6, 6.07) is 0. The van der Waals surface area contributed by atoms with Crippen molar-refractivity contribution in [2.45, 2.75) is 328 Å². The van der Waals surface area contributed by atoms with Crippen LogP contribution in [0.3, 0.4) is 0 Å². The zero-order valence-electron chi connectivity index (χ0n) is 63.7. The van der Waals surface area contributed by atoms with Crippen LogP contribution in [0.5, 0.6) is 0 Å². The molecule has 0 fully saturated rings. The number of ether oxygens (including phenoxy) is 2. The second-order valence-electron chi connectivity index (χ2n) is 27.3. The van der Waals surface area contributed by atoms with Crippen molar-refractivity contribution in [3.8, 4) is 0 Å². The lowest BCUT2D eigenvalue weighted by Crippen LogP contribution is -2.37. The molecular weight excluding hydrogens is 1230 g/mol. The van der Waals surface area contributed by atoms with Gasteiger partial charge in [0.15, 0.2) is 6.10 Å². The van der Waals surface area contributed by atoms with E-state index < -0.39 is 26.5 Å². The molecule has 0 saturated heterocycles. The first kappa shape index (κ1) is 93.4. The lowest BCUT2D eigenvalue weighted by molar-refractivity contribution is -0.870. The molecule has 2 unspecified atom stereocenters. The number of phosphoric acid groups is 1. The second-order valence-corrected chi connectivity index (χ2v) is 28.7. The van der Waals surface area contributed by atoms with E-state index in [9.17, 15) is 19.0 Å². The van der Waals surface area contributed by atoms with Crippen LogP contribution in [0.2, 0.25) is 0 Å². The molecule has 10 heteroatoms. The number of hydrogen-bond donors (Lipinski definition) is 0. The van der Waals surface area contributed by atoms with Crippen molar-refractivity contribution < 1.29 is 42.1 Å². The first-order valence-corrected chi connectivity index (χ1v) is 41.3. The van der Waals surface area contributed by atoms with Crippen LogP contribution in [-0.4, -0.2) is 70.0 Å². The van der Waals surface area contributed by atoms with Crippen molar-refractivity contribution in [3.05, 3.63) is 170 Å². The van der Waals surface area contributed by atoms with Gasteiger partial charge in [0.25, 0.3) is 7.82 Å². The third-order valence-electron chi connectivity index (χ3n) is 16.7. The van der Waals surface area contributed by atoms with Crippen molar-refractivity contribution >= 4 is 19.8 Å². The average molecular weight is 1380 g/mol. The van der Waals surface area contributed by atoms with E-state index in [0.717, 1.165) is 148 Å². The quantitative estimate of drug-likeness (QED) is 0.0195. The highest BCUT2D eigenvalue weighted by molar-refractivity contribution is 7.45. The van der Waals surface area contributed by atoms with Crippen LogP contribution in [0.1, 0.15) is 322 Å². The molecule has 0 aromatic rings. The number of carbonyl (C=O) groups is 2. The van der Waals surface area contributed by atoms with E-state index in [1.807, 2.05) is 21.1 Å². The Bertz CT molecular complexity index is 2270. The molecule has 0 N–H and O–H groups in total. The van der Waals surface area contributed by atoms with E-state index in [4.69, 9.17) is 18.5 Å². The Hall–Kier alpha value is -4.63. The van der Waals surface area contributed by atoms with Gasteiger partial charge in [0.05, 0.1) is 27.7 Å². The Labute approximate surface area is 604 Å². The smallest absolute Gasteiger partial charge is 0.306 e. The highest BCUT2D eigenvalue weighted by Gasteiger charge is 2.22. The maximum Gasteiger partial charge on any atom is 0.306 e. The van der Waals surface area contributed by atoms with Crippen LogP contribution in [0, 0.1) is 0 Å². The first-order valence-electron chi connectivity index (χ1n) is 39.8. The van der Waals surface area contributed by atoms with Crippen LogP contribution >= 0.6 is 7.82 Å². The molecule has 0 aromatic carbocycles. The third kappa shape index (κ3) is 80.3. The number of phosphoric ester groups is 1. The summed E-state index contributed by atoms with van der Waals surface area (Å²) in [7, 11) is 1.15. The SMILES string of the molecule is CC/C=C\C/C=C\C/C=C\C/C=C\C/C=C\C/C=C\C/C=C\C/C=C\C/C=C\C/C=C\CCCCCCCCC(=O)OC(COC(=O)CCCCCCCCCCCCCCCCCCCCCCCCCC/C=C\C/C=C\C/C=C\C/C=C\CC)COP(=O)([O-])OCC[N+](C)(C)C. The van der Waals surface area contributed by atoms with Crippen molar-refractivity contribution in [3.63, 3.8) is 0 Å². The first-order chi connectivity index (χ1) is 48.0. The number of likely N-dealkylation sites (N-methyl/N-ethyl adjacent to an activating group) is 1. The van der Waals surface area contributed by atoms with Gasteiger partial charge in [-0.2, -0.15) is 0 Å². The van der Waals surface area contributed by atoms with Crippen LogP contribution in [0.4, 0.5) is 0 Å². The lowest BCUT2D eigenvalue weighted by atomic mass is 10.0. The van der Waals surface area contributed by atoms with E-state index in [-0.39, 0.29) is 32.0 Å². The van der Waals surface area contributed by atoms with Gasteiger partial charge in [-0.1, -0.05) is 351 Å². The summed E-state index contributed by atoms with van der Waals surface area (Å²) in [5.74, 6) is -0.849. The van der Waals surface area contributed by atoms with Crippen LogP contribution in [-0.2, 0) is 32.7 Å². The van der Waals surface area contributed by atoms with E-state index in [2.05, 4.69) is 184 Å². The average Bonchev–Trinajstić information content (AvgIpc) is 1.08. The molecule has 0 aromatic heterocycles. The molecule has 0 spiro atoms. The van der Waals surface area contributed by atoms with Gasteiger partial charge in [-0.25, -0.2) is 0 Å². The van der Waals surface area contributed by atoms with Gasteiger partial charge >= 0.3 is 11.9 Å². The molecule has 98 heavy (non-hydrogen) atoms. The Balaban J connectivity index is 4.04. The molecule has 9 nitrogen and oxygen atoms in total. The highest BCUT2D eigenvalue weighted by atomic mass is 31.2. The number of carbonyl (C=O) groups excluding carboxylic acids is 2. The molecule has 0 aliphatic carbocycles. The van der Waals surface area contributed by atoms with Crippen molar-refractivity contribution in [1.29, 1.82) is 0 Å². The Morgan fingerprint density at radius 1 is 0.316 bits per heavy atom. The van der Waals surface area contributed by atoms with Gasteiger partial charge in [-0.15, -0.1) is 0 Å². The summed E-state index contributed by atoms with van der Waals surface area (Å²) in [5.41, 5.74) is 0. The number of rotatable bonds is 72. The molecule has 558 valence electrons. The van der Waals surface area contributed by atoms with Crippen LogP contribution in [0.25, 0.3) is 0 Å². The zero-order chi connectivity index (χ0) is 71.1. The van der Waals surface area contributed by atoms with Crippen LogP contribution < -0.4 is 4.89 Å². The molecule has 0 aliphatic rings. The minimum atomic E-state index is -4.66. The van der Waals surface area contributed by atoms with Gasteiger partial charge in [-0.3, -0.25) is 14.2 Å². The maximum atomic E-state index is 12.9. The van der Waals surface area contributed by atoms with E-state index in [1.165, 1.54) is 141 Å². The standard InChI is InChI=1S/C88H148NO8P/c1-6-8-10-12-14-16-18-20-22-24-26-28-30-32-34-36-38-40-42-44-46-48-50-52-54-56-58-60-62-64-66-68-70-72-74-76-78-80-87(90)94-84-86(85-96-98(92,93)95-83-82-89(3,4)5)97-88(91)81-79-77-75-73-71-69-67-65-63-61-59-57-55-53-51-49-47-45-43-41-39-37-35-33-31-29-27-25-23-21-19-17-15-13-11-9-7-2/h8-11,14-17,20-23,26-29,33,35,39,41,45,47,51,53,57,59,63,65,86H,6-7,12-13,18-19,24-25,30-32,34,36-38,40,42-44,46,48-50,52,54-56,58,60-62,64,66-85H2,1-5H3/b10-8-,11-9-,16-14-,17-15-,22-20-,23-21-,28-26-,29-27-,35-33-,41-39-,47-45-,53-51-,59-57-,65-63-. The van der Waals surface area contributed by atoms with Gasteiger partial charge in [-0.05, 0) is 128 Å². The molecule has 2 atom stereocenters. The predicted octanol–water partition coefficient (Wildman–Crippen LogP) is 26.2. The summed E-state index contributed by atoms with van der Waals surface area (Å²) in [6.07, 6.45) is 116. The lowest BCUT2D eigenvalue weighted by Gasteiger charge is -2.28. The zero-order valence-corrected chi connectivity index (χ0v) is 64.6. The Kier molecular flexibility index (Phi) is 72.9. The fraction of sp³-hybridized carbons (Fsp3) is 0.659. The topological polar surface area (TPSA) is 111 Å². The molecular formula is C88H148NO8P. The second kappa shape index (κ2) is 76.5. The fourth-order valence-electron chi connectivity index (χ4n) is 10.7. The summed E-state index contributed by atoms with van der Waals surface area (Å²) >= 11 is 0. The monoisotopic (exact) mass is 1380 g/mol. The van der Waals surface area contributed by atoms with E-state index >= 15 is 0 Å². The number of allylic oxidation sites excluding steroid dienone is 28. The Morgan fingerprint density at radius 2 is 0.551 bits per heavy atom. The molecule has 0 rings (SSSR count). The molecule has 0 bridgehead atoms. The highest BCUT2D eigenvalue weighted by Crippen LogP contribution is 2.38. The number of nitrogens with zero attached hydrogens (tertiary/aromatic N) is 1. The maximum absolute atomic E-state index is 12.9. The number of esters is 2. The number of quaternary nitrogens is 1. The van der Waals surface area contributed by atoms with Crippen molar-refractivity contribution in [2.75, 3.05) is 47.5 Å². The minimum absolute atomic E-state index is 0.0405. The predicted molar refractivity (Wildman–Crippen MR) is 424 cm³/mol. The summed E-state index contributed by atoms with van der Waals surface area (Å²) in [4.78, 5) is 38.2. The minimum Gasteiger partial charge on any atom is -0.756 e. The summed E-state index contributed by atoms with van der Waals surface area (Å²) in [5, 5.41) is 0. The number of hydrogen-bond acceptors (Lipinski definition) is 8. The molecule has 0 amide bonds. The molecule has 0 heterocycles. The largest absolute Gasteiger partial charge is 0.756 e. The summed E-state index contributed by atoms with van der Waals surface area (Å²) < 4.78 is 34.4. The van der Waals surface area contributed by atoms with Crippen molar-refractivity contribution in [2.24, 2.45) is 0 Å². The van der Waals surface area contributed by atoms with Gasteiger partial charge < -0.3 is 27.9 Å². The number of unbranched alkanes of at least 4 members (excludes halogenated alkanes) is 30. The van der Waals surface area contributed by atoms with Gasteiger partial charge in [0.1, 0.15) is 19.8 Å². The third-order valence-corrected chi connectivity index (χ3v) is 17.7. The van der Waals surface area contributed by atoms with Crippen LogP contribution in [0.15, 0.2) is 170 Å². The summed E-state index contributed by atoms with van der Waals surface area (Å²) in [6.45, 7) is 4.01. The fourth-order valence-corrected chi connectivity index (χ4v) is 11.5. The van der Waals surface area contributed by atoms with Crippen molar-refractivity contribution in [1.82, 2.24) is 0 Å². The van der Waals surface area contributed by atoms with E-state index in [1.54, 1.807) is 0 Å². The van der Waals surface area contributed by atoms with Gasteiger partial charge in [0.2, 0.25) is 0 Å². The molecule has 0 aliphatic heterocycles.